The van der Waals surface area contributed by atoms with Crippen LogP contribution in [0, 0.1) is 5.92 Å². The molecule has 1 aliphatic heterocycles. The van der Waals surface area contributed by atoms with Crippen LogP contribution >= 0.6 is 0 Å². The van der Waals surface area contributed by atoms with Gasteiger partial charge in [0.1, 0.15) is 18.7 Å². The van der Waals surface area contributed by atoms with Gasteiger partial charge in [0.15, 0.2) is 0 Å². The minimum absolute atomic E-state index is 0.115. The number of carbonyl (C=O) groups excluding carboxylic acids is 3. The Morgan fingerprint density at radius 2 is 1.71 bits per heavy atom. The van der Waals surface area contributed by atoms with Crippen LogP contribution in [0.15, 0.2) is 54.6 Å². The third-order valence-corrected chi connectivity index (χ3v) is 5.36. The molecule has 3 N–H and O–H groups in total. The van der Waals surface area contributed by atoms with Crippen LogP contribution in [0.5, 0.6) is 0 Å². The first kappa shape index (κ1) is 22.3. The fraction of sp³-hybridized carbons (Fsp3) is 0.375. The number of hydrogen-bond acceptors (Lipinski definition) is 4. The van der Waals surface area contributed by atoms with E-state index >= 15 is 0 Å². The van der Waals surface area contributed by atoms with Crippen molar-refractivity contribution in [2.45, 2.75) is 51.9 Å². The van der Waals surface area contributed by atoms with Crippen LogP contribution in [-0.4, -0.2) is 34.9 Å². The molecule has 31 heavy (non-hydrogen) atoms. The van der Waals surface area contributed by atoms with Crippen LogP contribution in [-0.2, 0) is 33.9 Å². The molecule has 7 heteroatoms. The molecule has 0 saturated heterocycles. The average Bonchev–Trinajstić information content (AvgIpc) is 2.76. The number of nitrogens with zero attached hydrogens (tertiary/aromatic N) is 1. The number of carbonyl (C=O) groups is 3. The van der Waals surface area contributed by atoms with Gasteiger partial charge in [-0.1, -0.05) is 68.4 Å². The zero-order chi connectivity index (χ0) is 22.4. The molecule has 2 aromatic carbocycles. The van der Waals surface area contributed by atoms with E-state index in [-0.39, 0.29) is 19.1 Å². The second kappa shape index (κ2) is 10.1. The van der Waals surface area contributed by atoms with Crippen LogP contribution in [0.4, 0.5) is 4.79 Å². The van der Waals surface area contributed by atoms with Crippen molar-refractivity contribution < 1.29 is 19.1 Å². The minimum Gasteiger partial charge on any atom is -0.445 e. The maximum Gasteiger partial charge on any atom is 0.411 e. The zero-order valence-corrected chi connectivity index (χ0v) is 17.9. The summed E-state index contributed by atoms with van der Waals surface area (Å²) in [7, 11) is 0. The van der Waals surface area contributed by atoms with Crippen molar-refractivity contribution in [3.8, 4) is 0 Å². The van der Waals surface area contributed by atoms with Gasteiger partial charge >= 0.3 is 6.09 Å². The van der Waals surface area contributed by atoms with E-state index in [0.29, 0.717) is 12.8 Å². The Bertz CT molecular complexity index is 929. The van der Waals surface area contributed by atoms with E-state index in [2.05, 4.69) is 5.32 Å². The van der Waals surface area contributed by atoms with E-state index < -0.39 is 30.0 Å². The summed E-state index contributed by atoms with van der Waals surface area (Å²) >= 11 is 0. The number of nitrogens with one attached hydrogen (secondary N) is 1. The molecule has 0 saturated carbocycles. The van der Waals surface area contributed by atoms with Crippen molar-refractivity contribution in [1.82, 2.24) is 10.2 Å². The molecule has 0 spiro atoms. The van der Waals surface area contributed by atoms with Crippen molar-refractivity contribution >= 4 is 17.9 Å². The van der Waals surface area contributed by atoms with Crippen LogP contribution in [0.1, 0.15) is 37.0 Å². The summed E-state index contributed by atoms with van der Waals surface area (Å²) in [6.45, 7) is 4.27. The zero-order valence-electron chi connectivity index (χ0n) is 17.9. The van der Waals surface area contributed by atoms with Gasteiger partial charge in [0.05, 0.1) is 6.54 Å². The smallest absolute Gasteiger partial charge is 0.411 e. The van der Waals surface area contributed by atoms with Crippen molar-refractivity contribution in [3.05, 3.63) is 71.3 Å². The quantitative estimate of drug-likeness (QED) is 0.715. The summed E-state index contributed by atoms with van der Waals surface area (Å²) in [4.78, 5) is 39.3. The highest BCUT2D eigenvalue weighted by Crippen LogP contribution is 2.25. The van der Waals surface area contributed by atoms with Crippen molar-refractivity contribution in [2.75, 3.05) is 0 Å². The van der Waals surface area contributed by atoms with Crippen LogP contribution in [0.25, 0.3) is 0 Å². The molecule has 0 bridgehead atoms. The van der Waals surface area contributed by atoms with Gasteiger partial charge in [-0.15, -0.1) is 0 Å². The van der Waals surface area contributed by atoms with Gasteiger partial charge in [-0.05, 0) is 29.0 Å². The Morgan fingerprint density at radius 3 is 2.35 bits per heavy atom. The lowest BCUT2D eigenvalue weighted by atomic mass is 9.93. The highest BCUT2D eigenvalue weighted by molar-refractivity contribution is 5.91. The largest absolute Gasteiger partial charge is 0.445 e. The number of benzene rings is 2. The lowest BCUT2D eigenvalue weighted by Gasteiger charge is -2.36. The lowest BCUT2D eigenvalue weighted by molar-refractivity contribution is -0.131. The number of nitrogens with two attached hydrogens (primary N) is 1. The van der Waals surface area contributed by atoms with Gasteiger partial charge < -0.3 is 15.8 Å². The molecule has 0 aromatic heterocycles. The predicted molar refractivity (Wildman–Crippen MR) is 117 cm³/mol. The Labute approximate surface area is 182 Å². The molecule has 2 aromatic rings. The molecule has 0 radical (unpaired) electrons. The fourth-order valence-electron chi connectivity index (χ4n) is 3.74. The van der Waals surface area contributed by atoms with E-state index in [4.69, 9.17) is 10.5 Å². The van der Waals surface area contributed by atoms with E-state index in [1.807, 2.05) is 68.4 Å². The van der Waals surface area contributed by atoms with Gasteiger partial charge in [0.25, 0.3) is 0 Å². The van der Waals surface area contributed by atoms with E-state index in [1.165, 1.54) is 4.90 Å². The van der Waals surface area contributed by atoms with Crippen LogP contribution in [0.3, 0.4) is 0 Å². The number of fused-ring (bicyclic) bond motifs is 1. The Hall–Kier alpha value is -3.35. The maximum atomic E-state index is 13.1. The summed E-state index contributed by atoms with van der Waals surface area (Å²) in [6.07, 6.45) is 0.205. The second-order valence-electron chi connectivity index (χ2n) is 8.25. The molecular weight excluding hydrogens is 394 g/mol. The molecule has 164 valence electrons. The predicted octanol–water partition coefficient (Wildman–Crippen LogP) is 2.77. The highest BCUT2D eigenvalue weighted by atomic mass is 16.6. The van der Waals surface area contributed by atoms with Gasteiger partial charge in [-0.3, -0.25) is 14.5 Å². The SMILES string of the molecule is CC(C)C[C@@H](NC(=O)[C@@H]1Cc2ccccc2CN1C(=O)OCc1ccccc1)C(N)=O. The summed E-state index contributed by atoms with van der Waals surface area (Å²) in [6, 6.07) is 15.5. The number of hydrogen-bond donors (Lipinski definition) is 2. The Morgan fingerprint density at radius 1 is 1.06 bits per heavy atom. The van der Waals surface area contributed by atoms with E-state index in [0.717, 1.165) is 16.7 Å². The second-order valence-corrected chi connectivity index (χ2v) is 8.25. The standard InChI is InChI=1S/C24H29N3O4/c1-16(2)12-20(22(25)28)26-23(29)21-13-18-10-6-7-11-19(18)14-27(21)24(30)31-15-17-8-4-3-5-9-17/h3-11,16,20-21H,12-15H2,1-2H3,(H2,25,28)(H,26,29)/t20-,21+/m1/s1. The molecule has 1 aliphatic rings. The first-order valence-corrected chi connectivity index (χ1v) is 10.5. The van der Waals surface area contributed by atoms with Crippen molar-refractivity contribution in [2.24, 2.45) is 11.7 Å². The summed E-state index contributed by atoms with van der Waals surface area (Å²) in [5.74, 6) is -0.816. The highest BCUT2D eigenvalue weighted by Gasteiger charge is 2.37. The molecule has 3 amide bonds. The molecule has 3 rings (SSSR count). The monoisotopic (exact) mass is 423 g/mol. The average molecular weight is 424 g/mol. The molecular formula is C24H29N3O4. The third kappa shape index (κ3) is 5.84. The first-order chi connectivity index (χ1) is 14.8. The van der Waals surface area contributed by atoms with Gasteiger partial charge in [-0.2, -0.15) is 0 Å². The maximum absolute atomic E-state index is 13.1. The molecule has 0 aliphatic carbocycles. The molecule has 2 atom stereocenters. The van der Waals surface area contributed by atoms with Crippen LogP contribution < -0.4 is 11.1 Å². The Kier molecular flexibility index (Phi) is 7.28. The summed E-state index contributed by atoms with van der Waals surface area (Å²) in [5.41, 5.74) is 8.31. The molecule has 7 nitrogen and oxygen atoms in total. The van der Waals surface area contributed by atoms with Crippen LogP contribution in [0.2, 0.25) is 0 Å². The fourth-order valence-corrected chi connectivity index (χ4v) is 3.74. The van der Waals surface area contributed by atoms with Crippen molar-refractivity contribution in [3.63, 3.8) is 0 Å². The van der Waals surface area contributed by atoms with Crippen molar-refractivity contribution in [1.29, 1.82) is 0 Å². The third-order valence-electron chi connectivity index (χ3n) is 5.36. The van der Waals surface area contributed by atoms with Gasteiger partial charge in [-0.25, -0.2) is 4.79 Å². The topological polar surface area (TPSA) is 102 Å². The molecule has 1 heterocycles. The molecule has 0 unspecified atom stereocenters. The van der Waals surface area contributed by atoms with E-state index in [9.17, 15) is 14.4 Å². The summed E-state index contributed by atoms with van der Waals surface area (Å²) < 4.78 is 5.50. The lowest BCUT2D eigenvalue weighted by Crippen LogP contribution is -2.56. The van der Waals surface area contributed by atoms with E-state index in [1.54, 1.807) is 0 Å². The number of rotatable bonds is 7. The summed E-state index contributed by atoms with van der Waals surface area (Å²) in [5, 5.41) is 2.74. The number of amides is 3. The number of ether oxygens (including phenoxy) is 1. The van der Waals surface area contributed by atoms with Gasteiger partial charge in [0, 0.05) is 6.42 Å². The number of primary amides is 1. The molecule has 0 fully saturated rings. The normalized spacial score (nSPS) is 16.4. The Balaban J connectivity index is 1.78. The van der Waals surface area contributed by atoms with Gasteiger partial charge in [0.2, 0.25) is 11.8 Å². The minimum atomic E-state index is -0.785. The first-order valence-electron chi connectivity index (χ1n) is 10.5.